The van der Waals surface area contributed by atoms with Gasteiger partial charge in [0, 0.05) is 12.1 Å². The molecule has 2 rings (SSSR count). The number of nitro benzene ring substituents is 1. The highest BCUT2D eigenvalue weighted by atomic mass is 16.6. The second kappa shape index (κ2) is 7.57. The number of methoxy groups -OCH3 is 1. The highest BCUT2D eigenvalue weighted by Gasteiger charge is 2.19. The molecule has 2 aromatic rings. The zero-order valence-electron chi connectivity index (χ0n) is 14.1. The molecule has 0 aliphatic heterocycles. The highest BCUT2D eigenvalue weighted by molar-refractivity contribution is 5.96. The second-order valence-corrected chi connectivity index (χ2v) is 5.52. The molecule has 0 fully saturated rings. The average Bonchev–Trinajstić information content (AvgIpc) is 2.60. The van der Waals surface area contributed by atoms with Gasteiger partial charge in [-0.3, -0.25) is 10.1 Å². The number of esters is 2. The Hall–Kier alpha value is -3.22. The van der Waals surface area contributed by atoms with Gasteiger partial charge in [0.2, 0.25) is 0 Å². The van der Waals surface area contributed by atoms with Crippen LogP contribution in [0.3, 0.4) is 0 Å². The van der Waals surface area contributed by atoms with Crippen molar-refractivity contribution in [1.29, 1.82) is 0 Å². The van der Waals surface area contributed by atoms with Gasteiger partial charge in [0.1, 0.15) is 6.61 Å². The van der Waals surface area contributed by atoms with E-state index in [4.69, 9.17) is 4.74 Å². The summed E-state index contributed by atoms with van der Waals surface area (Å²) >= 11 is 0. The Morgan fingerprint density at radius 1 is 1.04 bits per heavy atom. The van der Waals surface area contributed by atoms with Crippen LogP contribution in [0.5, 0.6) is 0 Å². The first-order valence-corrected chi connectivity index (χ1v) is 7.43. The van der Waals surface area contributed by atoms with Crippen LogP contribution in [0.1, 0.15) is 37.4 Å². The van der Waals surface area contributed by atoms with E-state index in [-0.39, 0.29) is 23.4 Å². The maximum absolute atomic E-state index is 12.3. The predicted molar refractivity (Wildman–Crippen MR) is 89.5 cm³/mol. The molecule has 2 aromatic carbocycles. The van der Waals surface area contributed by atoms with E-state index in [1.54, 1.807) is 0 Å². The summed E-state index contributed by atoms with van der Waals surface area (Å²) in [5.74, 6) is -1.53. The summed E-state index contributed by atoms with van der Waals surface area (Å²) < 4.78 is 9.79. The maximum Gasteiger partial charge on any atom is 0.338 e. The number of rotatable bonds is 5. The average molecular weight is 343 g/mol. The topological polar surface area (TPSA) is 95.7 Å². The van der Waals surface area contributed by atoms with Gasteiger partial charge in [-0.2, -0.15) is 0 Å². The molecule has 0 amide bonds. The molecule has 0 aliphatic carbocycles. The summed E-state index contributed by atoms with van der Waals surface area (Å²) in [6.45, 7) is 3.85. The summed E-state index contributed by atoms with van der Waals surface area (Å²) in [5, 5.41) is 11.0. The summed E-state index contributed by atoms with van der Waals surface area (Å²) in [6.07, 6.45) is 0. The lowest BCUT2D eigenvalue weighted by atomic mass is 10.1. The van der Waals surface area contributed by atoms with Gasteiger partial charge in [0.05, 0.1) is 23.2 Å². The van der Waals surface area contributed by atoms with Crippen LogP contribution < -0.4 is 0 Å². The fraction of sp³-hybridized carbons (Fsp3) is 0.222. The van der Waals surface area contributed by atoms with E-state index in [0.29, 0.717) is 0 Å². The summed E-state index contributed by atoms with van der Waals surface area (Å²) in [6, 6.07) is 9.09. The van der Waals surface area contributed by atoms with E-state index < -0.39 is 16.9 Å². The van der Waals surface area contributed by atoms with Crippen molar-refractivity contribution >= 4 is 17.6 Å². The minimum Gasteiger partial charge on any atom is -0.465 e. The van der Waals surface area contributed by atoms with Crippen LogP contribution in [-0.2, 0) is 16.1 Å². The molecule has 0 spiro atoms. The van der Waals surface area contributed by atoms with Crippen molar-refractivity contribution in [2.75, 3.05) is 7.11 Å². The van der Waals surface area contributed by atoms with Gasteiger partial charge in [0.25, 0.3) is 5.69 Å². The van der Waals surface area contributed by atoms with E-state index >= 15 is 0 Å². The molecular formula is C18H17NO6. The first kappa shape index (κ1) is 18.1. The van der Waals surface area contributed by atoms with Crippen LogP contribution >= 0.6 is 0 Å². The Labute approximate surface area is 144 Å². The number of ether oxygens (including phenoxy) is 2. The molecule has 0 N–H and O–H groups in total. The fourth-order valence-corrected chi connectivity index (χ4v) is 2.25. The van der Waals surface area contributed by atoms with Crippen LogP contribution in [0, 0.1) is 24.0 Å². The van der Waals surface area contributed by atoms with Crippen molar-refractivity contribution in [2.45, 2.75) is 20.5 Å². The van der Waals surface area contributed by atoms with Crippen LogP contribution in [-0.4, -0.2) is 24.0 Å². The Bertz CT molecular complexity index is 843. The van der Waals surface area contributed by atoms with E-state index in [0.717, 1.165) is 35.9 Å². The molecule has 0 saturated heterocycles. The number of nitro groups is 1. The Morgan fingerprint density at radius 3 is 2.28 bits per heavy atom. The molecule has 0 radical (unpaired) electrons. The van der Waals surface area contributed by atoms with Gasteiger partial charge in [-0.05, 0) is 31.0 Å². The Kier molecular flexibility index (Phi) is 5.49. The van der Waals surface area contributed by atoms with E-state index in [2.05, 4.69) is 4.74 Å². The minimum atomic E-state index is -0.771. The first-order chi connectivity index (χ1) is 11.8. The molecule has 0 aliphatic rings. The van der Waals surface area contributed by atoms with Crippen LogP contribution in [0.15, 0.2) is 36.4 Å². The molecule has 7 nitrogen and oxygen atoms in total. The molecular weight excluding hydrogens is 326 g/mol. The molecule has 130 valence electrons. The fourth-order valence-electron chi connectivity index (χ4n) is 2.25. The highest BCUT2D eigenvalue weighted by Crippen LogP contribution is 2.20. The smallest absolute Gasteiger partial charge is 0.338 e. The molecule has 25 heavy (non-hydrogen) atoms. The zero-order chi connectivity index (χ0) is 18.6. The number of hydrogen-bond donors (Lipinski definition) is 0. The van der Waals surface area contributed by atoms with Crippen LogP contribution in [0.4, 0.5) is 5.69 Å². The first-order valence-electron chi connectivity index (χ1n) is 7.43. The van der Waals surface area contributed by atoms with Crippen molar-refractivity contribution < 1.29 is 24.0 Å². The van der Waals surface area contributed by atoms with Crippen molar-refractivity contribution in [3.05, 3.63) is 74.3 Å². The molecule has 0 aromatic heterocycles. The van der Waals surface area contributed by atoms with Crippen LogP contribution in [0.25, 0.3) is 0 Å². The molecule has 0 bridgehead atoms. The lowest BCUT2D eigenvalue weighted by molar-refractivity contribution is -0.384. The number of hydrogen-bond acceptors (Lipinski definition) is 6. The number of benzene rings is 2. The molecule has 0 heterocycles. The van der Waals surface area contributed by atoms with Crippen molar-refractivity contribution in [1.82, 2.24) is 0 Å². The predicted octanol–water partition coefficient (Wildman–Crippen LogP) is 3.36. The Morgan fingerprint density at radius 2 is 1.68 bits per heavy atom. The van der Waals surface area contributed by atoms with Gasteiger partial charge in [-0.15, -0.1) is 0 Å². The van der Waals surface area contributed by atoms with E-state index in [1.807, 2.05) is 32.0 Å². The molecule has 0 unspecified atom stereocenters. The van der Waals surface area contributed by atoms with E-state index in [1.165, 1.54) is 6.07 Å². The number of aryl methyl sites for hydroxylation is 2. The summed E-state index contributed by atoms with van der Waals surface area (Å²) in [4.78, 5) is 34.2. The number of carbonyl (C=O) groups excluding carboxylic acids is 2. The third kappa shape index (κ3) is 4.41. The van der Waals surface area contributed by atoms with Crippen LogP contribution in [0.2, 0.25) is 0 Å². The van der Waals surface area contributed by atoms with Gasteiger partial charge in [0.15, 0.2) is 0 Å². The standard InChI is InChI=1S/C18H17NO6/c1-11-4-5-12(2)15(6-11)10-25-18(21)14-7-13(17(20)24-3)8-16(9-14)19(22)23/h4-9H,10H2,1-3H3. The second-order valence-electron chi connectivity index (χ2n) is 5.52. The van der Waals surface area contributed by atoms with Gasteiger partial charge >= 0.3 is 11.9 Å². The monoisotopic (exact) mass is 343 g/mol. The molecule has 0 atom stereocenters. The number of carbonyl (C=O) groups is 2. The van der Waals surface area contributed by atoms with Gasteiger partial charge in [-0.25, -0.2) is 9.59 Å². The lowest BCUT2D eigenvalue weighted by Gasteiger charge is -2.09. The van der Waals surface area contributed by atoms with Crippen molar-refractivity contribution in [2.24, 2.45) is 0 Å². The number of nitrogens with zero attached hydrogens (tertiary/aromatic N) is 1. The molecule has 0 saturated carbocycles. The number of non-ortho nitro benzene ring substituents is 1. The summed E-state index contributed by atoms with van der Waals surface area (Å²) in [7, 11) is 1.15. The third-order valence-corrected chi connectivity index (χ3v) is 3.65. The largest absolute Gasteiger partial charge is 0.465 e. The van der Waals surface area contributed by atoms with Gasteiger partial charge < -0.3 is 9.47 Å². The molecule has 7 heteroatoms. The third-order valence-electron chi connectivity index (χ3n) is 3.65. The van der Waals surface area contributed by atoms with E-state index in [9.17, 15) is 19.7 Å². The Balaban J connectivity index is 2.26. The van der Waals surface area contributed by atoms with Crippen molar-refractivity contribution in [3.63, 3.8) is 0 Å². The lowest BCUT2D eigenvalue weighted by Crippen LogP contribution is -2.10. The quantitative estimate of drug-likeness (QED) is 0.469. The zero-order valence-corrected chi connectivity index (χ0v) is 14.1. The normalized spacial score (nSPS) is 10.2. The maximum atomic E-state index is 12.3. The van der Waals surface area contributed by atoms with Crippen molar-refractivity contribution in [3.8, 4) is 0 Å². The summed E-state index contributed by atoms with van der Waals surface area (Å²) in [5.41, 5.74) is 2.27. The SMILES string of the molecule is COC(=O)c1cc(C(=O)OCc2cc(C)ccc2C)cc([N+](=O)[O-])c1. The minimum absolute atomic E-state index is 0.0304. The van der Waals surface area contributed by atoms with Gasteiger partial charge in [-0.1, -0.05) is 23.8 Å².